The number of benzene rings is 2. The molecule has 0 radical (unpaired) electrons. The lowest BCUT2D eigenvalue weighted by atomic mass is 9.95. The van der Waals surface area contributed by atoms with Crippen LogP contribution in [0.1, 0.15) is 36.1 Å². The van der Waals surface area contributed by atoms with Crippen molar-refractivity contribution >= 4 is 29.1 Å². The summed E-state index contributed by atoms with van der Waals surface area (Å²) in [6, 6.07) is 10.8. The van der Waals surface area contributed by atoms with E-state index in [0.717, 1.165) is 5.56 Å². The highest BCUT2D eigenvalue weighted by Gasteiger charge is 2.45. The molecule has 6 heteroatoms. The minimum atomic E-state index is -0.760. The van der Waals surface area contributed by atoms with Gasteiger partial charge >= 0.3 is 0 Å². The number of rotatable bonds is 4. The zero-order valence-electron chi connectivity index (χ0n) is 15.1. The summed E-state index contributed by atoms with van der Waals surface area (Å²) in [5.41, 5.74) is 2.06. The lowest BCUT2D eigenvalue weighted by Crippen LogP contribution is -2.30. The molecule has 2 N–H and O–H groups in total. The summed E-state index contributed by atoms with van der Waals surface area (Å²) in [5, 5.41) is 20.7. The van der Waals surface area contributed by atoms with Crippen LogP contribution >= 0.6 is 11.6 Å². The van der Waals surface area contributed by atoms with E-state index in [-0.39, 0.29) is 22.1 Å². The van der Waals surface area contributed by atoms with Crippen LogP contribution in [0.3, 0.4) is 0 Å². The van der Waals surface area contributed by atoms with Crippen molar-refractivity contribution in [2.24, 2.45) is 0 Å². The molecule has 0 saturated carbocycles. The molecule has 1 fully saturated rings. The molecule has 1 atom stereocenters. The number of aliphatic hydroxyl groups is 1. The third-order valence-corrected chi connectivity index (χ3v) is 4.92. The third kappa shape index (κ3) is 3.43. The lowest BCUT2D eigenvalue weighted by Gasteiger charge is -2.25. The molecule has 27 heavy (non-hydrogen) atoms. The molecule has 2 aromatic rings. The molecule has 0 aliphatic carbocycles. The largest absolute Gasteiger partial charge is 0.507 e. The predicted molar refractivity (Wildman–Crippen MR) is 104 cm³/mol. The molecule has 1 unspecified atom stereocenters. The molecule has 1 heterocycles. The van der Waals surface area contributed by atoms with E-state index in [0.29, 0.717) is 24.1 Å². The summed E-state index contributed by atoms with van der Waals surface area (Å²) in [5.74, 6) is -1.69. The lowest BCUT2D eigenvalue weighted by molar-refractivity contribution is -0.139. The number of phenolic OH excluding ortho intramolecular Hbond substituents is 1. The zero-order valence-corrected chi connectivity index (χ0v) is 15.8. The Balaban J connectivity index is 2.20. The minimum Gasteiger partial charge on any atom is -0.507 e. The Morgan fingerprint density at radius 3 is 2.41 bits per heavy atom. The third-order valence-electron chi connectivity index (χ3n) is 4.62. The van der Waals surface area contributed by atoms with Gasteiger partial charge in [0, 0.05) is 12.1 Å². The number of phenols is 1. The zero-order chi connectivity index (χ0) is 19.7. The molecule has 2 aromatic carbocycles. The van der Waals surface area contributed by atoms with E-state index in [2.05, 4.69) is 0 Å². The molecular weight excluding hydrogens is 366 g/mol. The number of aromatic hydroxyl groups is 1. The maximum atomic E-state index is 12.7. The number of likely N-dealkylation sites (tertiary alicyclic amines) is 1. The van der Waals surface area contributed by atoms with Crippen molar-refractivity contribution in [2.75, 3.05) is 6.54 Å². The molecule has 0 aromatic heterocycles. The number of carbonyl (C=O) groups excluding carboxylic acids is 2. The summed E-state index contributed by atoms with van der Waals surface area (Å²) in [7, 11) is 0. The summed E-state index contributed by atoms with van der Waals surface area (Å²) in [4.78, 5) is 26.7. The van der Waals surface area contributed by atoms with E-state index in [1.807, 2.05) is 26.0 Å². The van der Waals surface area contributed by atoms with Gasteiger partial charge in [0.25, 0.3) is 11.7 Å². The monoisotopic (exact) mass is 385 g/mol. The molecule has 140 valence electrons. The highest BCUT2D eigenvalue weighted by molar-refractivity contribution is 6.46. The van der Waals surface area contributed by atoms with Gasteiger partial charge in [-0.25, -0.2) is 0 Å². The number of amides is 1. The Morgan fingerprint density at radius 1 is 1.15 bits per heavy atom. The van der Waals surface area contributed by atoms with Crippen molar-refractivity contribution in [1.82, 2.24) is 4.90 Å². The molecule has 1 aliphatic heterocycles. The number of hydrogen-bond donors (Lipinski definition) is 2. The summed E-state index contributed by atoms with van der Waals surface area (Å²) in [6.07, 6.45) is 0.653. The van der Waals surface area contributed by atoms with E-state index in [1.54, 1.807) is 18.2 Å². The van der Waals surface area contributed by atoms with Crippen LogP contribution in [0.5, 0.6) is 5.75 Å². The van der Waals surface area contributed by atoms with Crippen LogP contribution in [0, 0.1) is 6.92 Å². The molecule has 5 nitrogen and oxygen atoms in total. The fourth-order valence-electron chi connectivity index (χ4n) is 3.26. The second kappa shape index (κ2) is 7.45. The first-order chi connectivity index (χ1) is 12.8. The van der Waals surface area contributed by atoms with Crippen LogP contribution < -0.4 is 0 Å². The topological polar surface area (TPSA) is 77.8 Å². The standard InChI is InChI=1S/C21H20ClNO4/c1-3-10-23-18(14-8-9-16(24)15(22)11-14)17(20(26)21(23)27)19(25)13-6-4-12(2)5-7-13/h4-9,11,18,24-25H,3,10H2,1-2H3/b19-17-. The number of hydrogen-bond acceptors (Lipinski definition) is 4. The number of Topliss-reactive ketones (excluding diaryl/α,β-unsaturated/α-hetero) is 1. The average molecular weight is 386 g/mol. The van der Waals surface area contributed by atoms with Crippen molar-refractivity contribution in [3.05, 3.63) is 69.8 Å². The van der Waals surface area contributed by atoms with Crippen LogP contribution in [0.4, 0.5) is 0 Å². The van der Waals surface area contributed by atoms with E-state index in [4.69, 9.17) is 11.6 Å². The van der Waals surface area contributed by atoms with Crippen LogP contribution in [-0.2, 0) is 9.59 Å². The first-order valence-corrected chi connectivity index (χ1v) is 9.06. The summed E-state index contributed by atoms with van der Waals surface area (Å²) < 4.78 is 0. The van der Waals surface area contributed by atoms with Crippen molar-refractivity contribution in [2.45, 2.75) is 26.3 Å². The average Bonchev–Trinajstić information content (AvgIpc) is 2.89. The van der Waals surface area contributed by atoms with Crippen LogP contribution in [0.2, 0.25) is 5.02 Å². The van der Waals surface area contributed by atoms with Crippen LogP contribution in [-0.4, -0.2) is 33.3 Å². The van der Waals surface area contributed by atoms with Gasteiger partial charge in [-0.2, -0.15) is 0 Å². The number of aryl methyl sites for hydroxylation is 1. The van der Waals surface area contributed by atoms with Crippen molar-refractivity contribution in [1.29, 1.82) is 0 Å². The summed E-state index contributed by atoms with van der Waals surface area (Å²) in [6.45, 7) is 4.18. The maximum absolute atomic E-state index is 12.7. The highest BCUT2D eigenvalue weighted by Crippen LogP contribution is 2.41. The Bertz CT molecular complexity index is 934. The Kier molecular flexibility index (Phi) is 5.24. The van der Waals surface area contributed by atoms with Gasteiger partial charge in [-0.1, -0.05) is 54.4 Å². The van der Waals surface area contributed by atoms with Gasteiger partial charge < -0.3 is 15.1 Å². The normalized spacial score (nSPS) is 18.9. The first-order valence-electron chi connectivity index (χ1n) is 8.69. The minimum absolute atomic E-state index is 0.0269. The fraction of sp³-hybridized carbons (Fsp3) is 0.238. The van der Waals surface area contributed by atoms with Gasteiger partial charge in [0.2, 0.25) is 0 Å². The highest BCUT2D eigenvalue weighted by atomic mass is 35.5. The van der Waals surface area contributed by atoms with Gasteiger partial charge in [0.05, 0.1) is 16.6 Å². The van der Waals surface area contributed by atoms with Crippen molar-refractivity contribution in [3.63, 3.8) is 0 Å². The van der Waals surface area contributed by atoms with E-state index >= 15 is 0 Å². The molecule has 1 aliphatic rings. The quantitative estimate of drug-likeness (QED) is 0.470. The molecule has 0 bridgehead atoms. The fourth-order valence-corrected chi connectivity index (χ4v) is 3.45. The van der Waals surface area contributed by atoms with Crippen LogP contribution in [0.15, 0.2) is 48.0 Å². The maximum Gasteiger partial charge on any atom is 0.295 e. The number of aliphatic hydroxyl groups excluding tert-OH is 1. The number of halogens is 1. The van der Waals surface area contributed by atoms with Crippen molar-refractivity contribution < 1.29 is 19.8 Å². The second-order valence-electron chi connectivity index (χ2n) is 6.57. The number of carbonyl (C=O) groups is 2. The Labute approximate surface area is 162 Å². The van der Waals surface area contributed by atoms with Crippen molar-refractivity contribution in [3.8, 4) is 5.75 Å². The van der Waals surface area contributed by atoms with Gasteiger partial charge in [0.1, 0.15) is 11.5 Å². The molecule has 0 spiro atoms. The molecule has 1 saturated heterocycles. The molecule has 3 rings (SSSR count). The number of ketones is 1. The van der Waals surface area contributed by atoms with Gasteiger partial charge in [0.15, 0.2) is 0 Å². The van der Waals surface area contributed by atoms with Crippen LogP contribution in [0.25, 0.3) is 5.76 Å². The smallest absolute Gasteiger partial charge is 0.295 e. The first kappa shape index (κ1) is 19.0. The van der Waals surface area contributed by atoms with E-state index in [1.165, 1.54) is 17.0 Å². The van der Waals surface area contributed by atoms with Gasteiger partial charge in [-0.05, 0) is 31.0 Å². The summed E-state index contributed by atoms with van der Waals surface area (Å²) >= 11 is 6.03. The van der Waals surface area contributed by atoms with Gasteiger partial charge in [-0.15, -0.1) is 0 Å². The van der Waals surface area contributed by atoms with E-state index < -0.39 is 17.7 Å². The molecular formula is C21H20ClNO4. The van der Waals surface area contributed by atoms with Gasteiger partial charge in [-0.3, -0.25) is 9.59 Å². The number of nitrogens with zero attached hydrogens (tertiary/aromatic N) is 1. The molecule has 1 amide bonds. The SMILES string of the molecule is CCCN1C(=O)C(=O)/C(=C(\O)c2ccc(C)cc2)C1c1ccc(O)c(Cl)c1. The predicted octanol–water partition coefficient (Wildman–Crippen LogP) is 4.19. The Hall–Kier alpha value is -2.79. The second-order valence-corrected chi connectivity index (χ2v) is 6.98. The van der Waals surface area contributed by atoms with E-state index in [9.17, 15) is 19.8 Å². The Morgan fingerprint density at radius 2 is 1.81 bits per heavy atom.